The second-order valence-corrected chi connectivity index (χ2v) is 4.87. The van der Waals surface area contributed by atoms with E-state index in [4.69, 9.17) is 5.73 Å². The van der Waals surface area contributed by atoms with Crippen molar-refractivity contribution in [1.29, 1.82) is 0 Å². The van der Waals surface area contributed by atoms with Crippen molar-refractivity contribution in [3.63, 3.8) is 0 Å². The van der Waals surface area contributed by atoms with Crippen molar-refractivity contribution >= 4 is 5.91 Å². The van der Waals surface area contributed by atoms with Crippen LogP contribution in [0, 0.1) is 11.7 Å². The van der Waals surface area contributed by atoms with Crippen LogP contribution in [0.1, 0.15) is 38.3 Å². The van der Waals surface area contributed by atoms with Gasteiger partial charge in [0, 0.05) is 19.2 Å². The zero-order chi connectivity index (χ0) is 14.4. The minimum atomic E-state index is -0.292. The molecular weight excluding hydrogens is 243 g/mol. The lowest BCUT2D eigenvalue weighted by molar-refractivity contribution is -0.136. The van der Waals surface area contributed by atoms with E-state index in [9.17, 15) is 9.18 Å². The van der Waals surface area contributed by atoms with E-state index in [2.05, 4.69) is 0 Å². The van der Waals surface area contributed by atoms with Gasteiger partial charge in [0.05, 0.1) is 12.0 Å². The van der Waals surface area contributed by atoms with Gasteiger partial charge in [-0.25, -0.2) is 4.39 Å². The summed E-state index contributed by atoms with van der Waals surface area (Å²) < 4.78 is 13.7. The van der Waals surface area contributed by atoms with Crippen LogP contribution in [0.15, 0.2) is 24.3 Å². The molecular formula is C15H23FN2O. The van der Waals surface area contributed by atoms with Crippen molar-refractivity contribution in [2.75, 3.05) is 13.6 Å². The molecule has 0 spiro atoms. The van der Waals surface area contributed by atoms with Crippen LogP contribution in [0.4, 0.5) is 4.39 Å². The highest BCUT2D eigenvalue weighted by Crippen LogP contribution is 2.23. The smallest absolute Gasteiger partial charge is 0.227 e. The van der Waals surface area contributed by atoms with Gasteiger partial charge in [0.15, 0.2) is 0 Å². The van der Waals surface area contributed by atoms with Gasteiger partial charge in [-0.05, 0) is 19.4 Å². The first-order valence-corrected chi connectivity index (χ1v) is 6.74. The third-order valence-electron chi connectivity index (χ3n) is 3.55. The Hall–Kier alpha value is -1.42. The Bertz CT molecular complexity index is 422. The number of amides is 1. The van der Waals surface area contributed by atoms with Gasteiger partial charge in [-0.1, -0.05) is 31.5 Å². The fourth-order valence-electron chi connectivity index (χ4n) is 2.19. The molecule has 0 aliphatic heterocycles. The van der Waals surface area contributed by atoms with Crippen LogP contribution in [0.5, 0.6) is 0 Å². The SMILES string of the molecule is CCCC(CN)C(=O)N(C)C(C)c1ccccc1F. The average Bonchev–Trinajstić information content (AvgIpc) is 2.43. The molecule has 106 valence electrons. The maximum Gasteiger partial charge on any atom is 0.227 e. The first-order valence-electron chi connectivity index (χ1n) is 6.74. The number of benzene rings is 1. The maximum absolute atomic E-state index is 13.7. The molecule has 0 heterocycles. The first kappa shape index (κ1) is 15.6. The Morgan fingerprint density at radius 1 is 1.42 bits per heavy atom. The molecule has 0 saturated carbocycles. The lowest BCUT2D eigenvalue weighted by atomic mass is 10.00. The Labute approximate surface area is 114 Å². The van der Waals surface area contributed by atoms with Gasteiger partial charge in [0.2, 0.25) is 5.91 Å². The molecule has 1 aromatic rings. The molecule has 2 N–H and O–H groups in total. The Balaban J connectivity index is 2.84. The molecule has 0 bridgehead atoms. The molecule has 1 amide bonds. The number of carbonyl (C=O) groups excluding carboxylic acids is 1. The van der Waals surface area contributed by atoms with Crippen molar-refractivity contribution in [1.82, 2.24) is 4.90 Å². The summed E-state index contributed by atoms with van der Waals surface area (Å²) >= 11 is 0. The number of carbonyl (C=O) groups is 1. The van der Waals surface area contributed by atoms with Crippen LogP contribution in [-0.4, -0.2) is 24.4 Å². The molecule has 0 aliphatic carbocycles. The largest absolute Gasteiger partial charge is 0.339 e. The predicted octanol–water partition coefficient (Wildman–Crippen LogP) is 2.72. The van der Waals surface area contributed by atoms with E-state index in [1.807, 2.05) is 13.8 Å². The van der Waals surface area contributed by atoms with Crippen LogP contribution in [0.25, 0.3) is 0 Å². The Morgan fingerprint density at radius 3 is 2.58 bits per heavy atom. The highest BCUT2D eigenvalue weighted by atomic mass is 19.1. The number of hydrogen-bond acceptors (Lipinski definition) is 2. The third kappa shape index (κ3) is 3.77. The number of rotatable bonds is 6. The second-order valence-electron chi connectivity index (χ2n) is 4.87. The van der Waals surface area contributed by atoms with Crippen molar-refractivity contribution in [3.8, 4) is 0 Å². The zero-order valence-corrected chi connectivity index (χ0v) is 11.9. The topological polar surface area (TPSA) is 46.3 Å². The fraction of sp³-hybridized carbons (Fsp3) is 0.533. The van der Waals surface area contributed by atoms with Crippen molar-refractivity contribution in [2.45, 2.75) is 32.7 Å². The number of nitrogens with zero attached hydrogens (tertiary/aromatic N) is 1. The van der Waals surface area contributed by atoms with E-state index >= 15 is 0 Å². The van der Waals surface area contributed by atoms with Crippen LogP contribution < -0.4 is 5.73 Å². The summed E-state index contributed by atoms with van der Waals surface area (Å²) in [7, 11) is 1.71. The van der Waals surface area contributed by atoms with Crippen LogP contribution in [-0.2, 0) is 4.79 Å². The molecule has 2 atom stereocenters. The molecule has 2 unspecified atom stereocenters. The normalized spacial score (nSPS) is 13.9. The molecule has 0 saturated heterocycles. The van der Waals surface area contributed by atoms with E-state index in [1.54, 1.807) is 30.1 Å². The minimum Gasteiger partial charge on any atom is -0.339 e. The lowest BCUT2D eigenvalue weighted by Crippen LogP contribution is -2.38. The maximum atomic E-state index is 13.7. The monoisotopic (exact) mass is 266 g/mol. The van der Waals surface area contributed by atoms with E-state index in [0.717, 1.165) is 12.8 Å². The van der Waals surface area contributed by atoms with Crippen molar-refractivity contribution in [2.24, 2.45) is 11.7 Å². The highest BCUT2D eigenvalue weighted by molar-refractivity contribution is 5.79. The zero-order valence-electron chi connectivity index (χ0n) is 11.9. The number of hydrogen-bond donors (Lipinski definition) is 1. The average molecular weight is 266 g/mol. The fourth-order valence-corrected chi connectivity index (χ4v) is 2.19. The van der Waals surface area contributed by atoms with Gasteiger partial charge >= 0.3 is 0 Å². The van der Waals surface area contributed by atoms with Crippen LogP contribution >= 0.6 is 0 Å². The number of halogens is 1. The minimum absolute atomic E-state index is 0.0138. The van der Waals surface area contributed by atoms with Gasteiger partial charge in [-0.15, -0.1) is 0 Å². The molecule has 1 aromatic carbocycles. The van der Waals surface area contributed by atoms with Crippen molar-refractivity contribution in [3.05, 3.63) is 35.6 Å². The quantitative estimate of drug-likeness (QED) is 0.860. The molecule has 1 rings (SSSR count). The second kappa shape index (κ2) is 7.24. The van der Waals surface area contributed by atoms with Gasteiger partial charge < -0.3 is 10.6 Å². The summed E-state index contributed by atoms with van der Waals surface area (Å²) in [6, 6.07) is 6.25. The summed E-state index contributed by atoms with van der Waals surface area (Å²) in [5, 5.41) is 0. The van der Waals surface area contributed by atoms with Crippen LogP contribution in [0.2, 0.25) is 0 Å². The standard InChI is InChI=1S/C15H23FN2O/c1-4-7-12(10-17)15(19)18(3)11(2)13-8-5-6-9-14(13)16/h5-6,8-9,11-12H,4,7,10,17H2,1-3H3. The molecule has 0 aromatic heterocycles. The molecule has 4 heteroatoms. The van der Waals surface area contributed by atoms with Gasteiger partial charge in [-0.3, -0.25) is 4.79 Å². The summed E-state index contributed by atoms with van der Waals surface area (Å²) in [6.45, 7) is 4.19. The Kier molecular flexibility index (Phi) is 5.96. The van der Waals surface area contributed by atoms with Gasteiger partial charge in [0.1, 0.15) is 5.82 Å². The predicted molar refractivity (Wildman–Crippen MR) is 75.0 cm³/mol. The van der Waals surface area contributed by atoms with Crippen molar-refractivity contribution < 1.29 is 9.18 Å². The number of nitrogens with two attached hydrogens (primary N) is 1. The van der Waals surface area contributed by atoms with E-state index < -0.39 is 0 Å². The molecule has 19 heavy (non-hydrogen) atoms. The molecule has 0 fully saturated rings. The summed E-state index contributed by atoms with van der Waals surface area (Å²) in [5.41, 5.74) is 6.18. The van der Waals surface area contributed by atoms with Gasteiger partial charge in [-0.2, -0.15) is 0 Å². The van der Waals surface area contributed by atoms with E-state index in [1.165, 1.54) is 6.07 Å². The lowest BCUT2D eigenvalue weighted by Gasteiger charge is -2.29. The summed E-state index contributed by atoms with van der Waals surface area (Å²) in [4.78, 5) is 13.9. The summed E-state index contributed by atoms with van der Waals surface area (Å²) in [6.07, 6.45) is 1.68. The van der Waals surface area contributed by atoms with Gasteiger partial charge in [0.25, 0.3) is 0 Å². The molecule has 0 aliphatic rings. The third-order valence-corrected chi connectivity index (χ3v) is 3.55. The summed E-state index contributed by atoms with van der Waals surface area (Å²) in [5.74, 6) is -0.473. The van der Waals surface area contributed by atoms with E-state index in [0.29, 0.717) is 12.1 Å². The highest BCUT2D eigenvalue weighted by Gasteiger charge is 2.25. The Morgan fingerprint density at radius 2 is 2.05 bits per heavy atom. The van der Waals surface area contributed by atoms with Crippen LogP contribution in [0.3, 0.4) is 0 Å². The molecule has 3 nitrogen and oxygen atoms in total. The van der Waals surface area contributed by atoms with E-state index in [-0.39, 0.29) is 23.7 Å². The molecule has 0 radical (unpaired) electrons. The first-order chi connectivity index (χ1) is 9.02.